The molecule has 1 N–H and O–H groups in total. The molecule has 1 unspecified atom stereocenters. The summed E-state index contributed by atoms with van der Waals surface area (Å²) in [5.41, 5.74) is 4.37. The van der Waals surface area contributed by atoms with E-state index in [2.05, 4.69) is 14.9 Å². The van der Waals surface area contributed by atoms with Crippen molar-refractivity contribution in [2.75, 3.05) is 0 Å². The fourth-order valence-corrected chi connectivity index (χ4v) is 3.09. The molecule has 0 aliphatic rings. The maximum absolute atomic E-state index is 12.7. The van der Waals surface area contributed by atoms with Gasteiger partial charge in [-0.05, 0) is 63.2 Å². The van der Waals surface area contributed by atoms with Crippen LogP contribution in [0.5, 0.6) is 0 Å². The normalized spacial score (nSPS) is 12.0. The van der Waals surface area contributed by atoms with Crippen LogP contribution in [0.4, 0.5) is 0 Å². The van der Waals surface area contributed by atoms with Crippen LogP contribution in [-0.2, 0) is 0 Å². The Bertz CT molecular complexity index is 885. The molecule has 0 fully saturated rings. The zero-order valence-corrected chi connectivity index (χ0v) is 15.2. The van der Waals surface area contributed by atoms with Crippen molar-refractivity contribution in [3.8, 4) is 5.69 Å². The molecule has 128 valence electrons. The SMILES string of the molecule is Cc1cc(C(=O)NC(C)c2ccccn2)c(C)n1-c1ccc(Cl)cc1. The molecule has 25 heavy (non-hydrogen) atoms. The average Bonchev–Trinajstić information content (AvgIpc) is 2.91. The van der Waals surface area contributed by atoms with Crippen LogP contribution in [0.15, 0.2) is 54.7 Å². The Labute approximate surface area is 152 Å². The Kier molecular flexibility index (Phi) is 4.91. The third kappa shape index (κ3) is 3.59. The molecule has 5 heteroatoms. The Hall–Kier alpha value is -2.59. The molecule has 3 rings (SSSR count). The fraction of sp³-hybridized carbons (Fsp3) is 0.200. The lowest BCUT2D eigenvalue weighted by molar-refractivity contribution is 0.0938. The monoisotopic (exact) mass is 353 g/mol. The van der Waals surface area contributed by atoms with Gasteiger partial charge in [0, 0.05) is 28.3 Å². The Balaban J connectivity index is 1.87. The van der Waals surface area contributed by atoms with Crippen molar-refractivity contribution in [1.29, 1.82) is 0 Å². The minimum Gasteiger partial charge on any atom is -0.344 e. The van der Waals surface area contributed by atoms with E-state index in [4.69, 9.17) is 11.6 Å². The summed E-state index contributed by atoms with van der Waals surface area (Å²) < 4.78 is 2.05. The zero-order chi connectivity index (χ0) is 18.0. The standard InChI is InChI=1S/C20H20ClN3O/c1-13-12-18(15(3)24(13)17-9-7-16(21)8-10-17)20(25)23-14(2)19-6-4-5-11-22-19/h4-12,14H,1-3H3,(H,23,25). The molecule has 0 aliphatic heterocycles. The molecule has 0 spiro atoms. The largest absolute Gasteiger partial charge is 0.344 e. The summed E-state index contributed by atoms with van der Waals surface area (Å²) in [6.07, 6.45) is 1.73. The smallest absolute Gasteiger partial charge is 0.253 e. The van der Waals surface area contributed by atoms with Gasteiger partial charge in [-0.1, -0.05) is 17.7 Å². The second kappa shape index (κ2) is 7.11. The summed E-state index contributed by atoms with van der Waals surface area (Å²) in [4.78, 5) is 17.0. The van der Waals surface area contributed by atoms with E-state index in [9.17, 15) is 4.79 Å². The number of hydrogen-bond acceptors (Lipinski definition) is 2. The molecule has 0 saturated heterocycles. The number of amides is 1. The highest BCUT2D eigenvalue weighted by Gasteiger charge is 2.19. The summed E-state index contributed by atoms with van der Waals surface area (Å²) in [6.45, 7) is 5.86. The lowest BCUT2D eigenvalue weighted by Crippen LogP contribution is -2.27. The van der Waals surface area contributed by atoms with Gasteiger partial charge in [0.1, 0.15) is 0 Å². The third-order valence-corrected chi connectivity index (χ3v) is 4.49. The summed E-state index contributed by atoms with van der Waals surface area (Å²) in [7, 11) is 0. The Morgan fingerprint density at radius 3 is 2.52 bits per heavy atom. The van der Waals surface area contributed by atoms with E-state index in [1.54, 1.807) is 6.20 Å². The number of nitrogens with zero attached hydrogens (tertiary/aromatic N) is 2. The van der Waals surface area contributed by atoms with Crippen molar-refractivity contribution in [1.82, 2.24) is 14.9 Å². The lowest BCUT2D eigenvalue weighted by Gasteiger charge is -2.14. The van der Waals surface area contributed by atoms with Crippen molar-refractivity contribution < 1.29 is 4.79 Å². The number of carbonyl (C=O) groups is 1. The zero-order valence-electron chi connectivity index (χ0n) is 14.5. The van der Waals surface area contributed by atoms with Crippen molar-refractivity contribution in [3.63, 3.8) is 0 Å². The van der Waals surface area contributed by atoms with Crippen LogP contribution in [-0.4, -0.2) is 15.5 Å². The quantitative estimate of drug-likeness (QED) is 0.743. The molecule has 0 aliphatic carbocycles. The van der Waals surface area contributed by atoms with Crippen LogP contribution in [0, 0.1) is 13.8 Å². The van der Waals surface area contributed by atoms with Crippen molar-refractivity contribution >= 4 is 17.5 Å². The fourth-order valence-electron chi connectivity index (χ4n) is 2.96. The Morgan fingerprint density at radius 2 is 1.88 bits per heavy atom. The summed E-state index contributed by atoms with van der Waals surface area (Å²) in [5, 5.41) is 3.71. The van der Waals surface area contributed by atoms with Gasteiger partial charge in [-0.2, -0.15) is 0 Å². The second-order valence-electron chi connectivity index (χ2n) is 6.05. The number of hydrogen-bond donors (Lipinski definition) is 1. The van der Waals surface area contributed by atoms with Gasteiger partial charge in [0.05, 0.1) is 17.3 Å². The van der Waals surface area contributed by atoms with Crippen LogP contribution in [0.1, 0.15) is 40.4 Å². The first-order valence-corrected chi connectivity index (χ1v) is 8.52. The molecular formula is C20H20ClN3O. The lowest BCUT2D eigenvalue weighted by atomic mass is 10.1. The van der Waals surface area contributed by atoms with E-state index in [1.807, 2.05) is 69.3 Å². The highest BCUT2D eigenvalue weighted by atomic mass is 35.5. The van der Waals surface area contributed by atoms with E-state index in [1.165, 1.54) is 0 Å². The molecule has 2 aromatic heterocycles. The van der Waals surface area contributed by atoms with Gasteiger partial charge in [-0.25, -0.2) is 0 Å². The highest BCUT2D eigenvalue weighted by Crippen LogP contribution is 2.23. The molecular weight excluding hydrogens is 334 g/mol. The predicted molar refractivity (Wildman–Crippen MR) is 100 cm³/mol. The first-order chi connectivity index (χ1) is 12.0. The van der Waals surface area contributed by atoms with E-state index in [-0.39, 0.29) is 11.9 Å². The average molecular weight is 354 g/mol. The number of aromatic nitrogens is 2. The first kappa shape index (κ1) is 17.2. The third-order valence-electron chi connectivity index (χ3n) is 4.24. The van der Waals surface area contributed by atoms with Gasteiger partial charge in [0.2, 0.25) is 0 Å². The summed E-state index contributed by atoms with van der Waals surface area (Å²) in [5.74, 6) is -0.105. The molecule has 0 saturated carbocycles. The maximum atomic E-state index is 12.7. The molecule has 4 nitrogen and oxygen atoms in total. The molecule has 0 radical (unpaired) electrons. The predicted octanol–water partition coefficient (Wildman–Crippen LogP) is 4.63. The van der Waals surface area contributed by atoms with Crippen LogP contribution in [0.25, 0.3) is 5.69 Å². The van der Waals surface area contributed by atoms with Gasteiger partial charge >= 0.3 is 0 Å². The number of aryl methyl sites for hydroxylation is 1. The van der Waals surface area contributed by atoms with Crippen LogP contribution < -0.4 is 5.32 Å². The van der Waals surface area contributed by atoms with Crippen molar-refractivity contribution in [2.24, 2.45) is 0 Å². The first-order valence-electron chi connectivity index (χ1n) is 8.14. The van der Waals surface area contributed by atoms with Gasteiger partial charge < -0.3 is 9.88 Å². The Morgan fingerprint density at radius 1 is 1.16 bits per heavy atom. The molecule has 1 aromatic carbocycles. The van der Waals surface area contributed by atoms with Gasteiger partial charge in [-0.3, -0.25) is 9.78 Å². The van der Waals surface area contributed by atoms with Crippen LogP contribution in [0.2, 0.25) is 5.02 Å². The number of nitrogens with one attached hydrogen (secondary N) is 1. The highest BCUT2D eigenvalue weighted by molar-refractivity contribution is 6.30. The molecule has 1 amide bonds. The van der Waals surface area contributed by atoms with E-state index >= 15 is 0 Å². The number of pyridine rings is 1. The minimum atomic E-state index is -0.160. The minimum absolute atomic E-state index is 0.105. The van der Waals surface area contributed by atoms with E-state index < -0.39 is 0 Å². The van der Waals surface area contributed by atoms with Crippen LogP contribution in [0.3, 0.4) is 0 Å². The maximum Gasteiger partial charge on any atom is 0.253 e. The molecule has 3 aromatic rings. The van der Waals surface area contributed by atoms with Crippen LogP contribution >= 0.6 is 11.6 Å². The van der Waals surface area contributed by atoms with Crippen molar-refractivity contribution in [3.05, 3.63) is 82.4 Å². The number of carbonyl (C=O) groups excluding carboxylic acids is 1. The summed E-state index contributed by atoms with van der Waals surface area (Å²) >= 11 is 5.97. The van der Waals surface area contributed by atoms with E-state index in [0.717, 1.165) is 22.8 Å². The summed E-state index contributed by atoms with van der Waals surface area (Å²) in [6, 6.07) is 15.0. The van der Waals surface area contributed by atoms with Gasteiger partial charge in [0.25, 0.3) is 5.91 Å². The van der Waals surface area contributed by atoms with Crippen molar-refractivity contribution in [2.45, 2.75) is 26.8 Å². The molecule has 2 heterocycles. The van der Waals surface area contributed by atoms with E-state index in [0.29, 0.717) is 10.6 Å². The molecule has 0 bridgehead atoms. The number of rotatable bonds is 4. The molecule has 1 atom stereocenters. The van der Waals surface area contributed by atoms with Gasteiger partial charge in [-0.15, -0.1) is 0 Å². The van der Waals surface area contributed by atoms with Gasteiger partial charge in [0.15, 0.2) is 0 Å². The number of benzene rings is 1. The number of halogens is 1. The second-order valence-corrected chi connectivity index (χ2v) is 6.48. The topological polar surface area (TPSA) is 46.9 Å².